The SMILES string of the molecule is C=CCS/C(=C\c1ccccc1)[Si](C)(C)C. The highest BCUT2D eigenvalue weighted by Crippen LogP contribution is 2.28. The number of benzene rings is 1. The van der Waals surface area contributed by atoms with Crippen molar-refractivity contribution in [3.63, 3.8) is 0 Å². The molecule has 86 valence electrons. The maximum Gasteiger partial charge on any atom is 0.0857 e. The quantitative estimate of drug-likeness (QED) is 0.531. The van der Waals surface area contributed by atoms with E-state index in [0.717, 1.165) is 5.75 Å². The molecule has 0 aromatic heterocycles. The van der Waals surface area contributed by atoms with Crippen LogP contribution in [0, 0.1) is 0 Å². The van der Waals surface area contributed by atoms with Gasteiger partial charge in [0.2, 0.25) is 0 Å². The van der Waals surface area contributed by atoms with Gasteiger partial charge in [-0.2, -0.15) is 0 Å². The molecule has 0 saturated carbocycles. The van der Waals surface area contributed by atoms with E-state index in [0.29, 0.717) is 0 Å². The smallest absolute Gasteiger partial charge is 0.0857 e. The van der Waals surface area contributed by atoms with E-state index in [1.54, 1.807) is 4.53 Å². The van der Waals surface area contributed by atoms with E-state index in [4.69, 9.17) is 0 Å². The zero-order valence-corrected chi connectivity index (χ0v) is 12.2. The molecule has 0 aliphatic heterocycles. The van der Waals surface area contributed by atoms with E-state index in [-0.39, 0.29) is 0 Å². The number of hydrogen-bond donors (Lipinski definition) is 0. The van der Waals surface area contributed by atoms with Crippen molar-refractivity contribution in [3.8, 4) is 0 Å². The molecule has 0 saturated heterocycles. The van der Waals surface area contributed by atoms with Crippen molar-refractivity contribution < 1.29 is 0 Å². The zero-order chi connectivity index (χ0) is 12.0. The van der Waals surface area contributed by atoms with Crippen molar-refractivity contribution in [3.05, 3.63) is 53.1 Å². The highest BCUT2D eigenvalue weighted by atomic mass is 32.2. The fourth-order valence-electron chi connectivity index (χ4n) is 1.32. The molecular formula is C14H20SSi. The Labute approximate surface area is 104 Å². The van der Waals surface area contributed by atoms with Crippen molar-refractivity contribution in [2.75, 3.05) is 5.75 Å². The van der Waals surface area contributed by atoms with Crippen molar-refractivity contribution in [2.24, 2.45) is 0 Å². The van der Waals surface area contributed by atoms with Gasteiger partial charge in [0.15, 0.2) is 0 Å². The monoisotopic (exact) mass is 248 g/mol. The van der Waals surface area contributed by atoms with Gasteiger partial charge in [0.05, 0.1) is 8.07 Å². The van der Waals surface area contributed by atoms with Crippen LogP contribution in [0.4, 0.5) is 0 Å². The van der Waals surface area contributed by atoms with Crippen LogP contribution >= 0.6 is 11.8 Å². The second kappa shape index (κ2) is 6.11. The van der Waals surface area contributed by atoms with Crippen molar-refractivity contribution in [1.82, 2.24) is 0 Å². The Morgan fingerprint density at radius 2 is 1.88 bits per heavy atom. The Bertz CT molecular complexity index is 360. The van der Waals surface area contributed by atoms with Gasteiger partial charge < -0.3 is 0 Å². The van der Waals surface area contributed by atoms with Gasteiger partial charge in [-0.1, -0.05) is 56.0 Å². The van der Waals surface area contributed by atoms with Crippen molar-refractivity contribution in [2.45, 2.75) is 19.6 Å². The van der Waals surface area contributed by atoms with Crippen LogP contribution in [-0.4, -0.2) is 13.8 Å². The predicted octanol–water partition coefficient (Wildman–Crippen LogP) is 4.82. The van der Waals surface area contributed by atoms with Gasteiger partial charge in [-0.25, -0.2) is 0 Å². The van der Waals surface area contributed by atoms with Crippen LogP contribution in [0.25, 0.3) is 6.08 Å². The highest BCUT2D eigenvalue weighted by molar-refractivity contribution is 8.05. The summed E-state index contributed by atoms with van der Waals surface area (Å²) in [6.07, 6.45) is 4.31. The maximum atomic E-state index is 3.79. The summed E-state index contributed by atoms with van der Waals surface area (Å²) >= 11 is 1.93. The van der Waals surface area contributed by atoms with Crippen LogP contribution < -0.4 is 0 Å². The topological polar surface area (TPSA) is 0 Å². The van der Waals surface area contributed by atoms with Gasteiger partial charge in [0.25, 0.3) is 0 Å². The van der Waals surface area contributed by atoms with Gasteiger partial charge in [-0.05, 0) is 16.2 Å². The van der Waals surface area contributed by atoms with E-state index < -0.39 is 8.07 Å². The largest absolute Gasteiger partial charge is 0.131 e. The van der Waals surface area contributed by atoms with E-state index in [9.17, 15) is 0 Å². The Balaban J connectivity index is 2.92. The lowest BCUT2D eigenvalue weighted by atomic mass is 10.2. The Hall–Kier alpha value is -0.733. The van der Waals surface area contributed by atoms with Crippen LogP contribution in [0.1, 0.15) is 5.56 Å². The fourth-order valence-corrected chi connectivity index (χ4v) is 4.42. The molecule has 16 heavy (non-hydrogen) atoms. The van der Waals surface area contributed by atoms with Gasteiger partial charge >= 0.3 is 0 Å². The van der Waals surface area contributed by atoms with Crippen LogP contribution in [0.2, 0.25) is 19.6 Å². The number of rotatable bonds is 5. The van der Waals surface area contributed by atoms with E-state index in [1.807, 2.05) is 17.8 Å². The summed E-state index contributed by atoms with van der Waals surface area (Å²) in [6.45, 7) is 10.9. The van der Waals surface area contributed by atoms with Gasteiger partial charge in [-0.3, -0.25) is 0 Å². The summed E-state index contributed by atoms with van der Waals surface area (Å²) in [4.78, 5) is 0. The average Bonchev–Trinajstić information content (AvgIpc) is 2.24. The Morgan fingerprint density at radius 1 is 1.25 bits per heavy atom. The summed E-state index contributed by atoms with van der Waals surface area (Å²) in [5, 5.41) is 0. The maximum absolute atomic E-state index is 3.79. The summed E-state index contributed by atoms with van der Waals surface area (Å²) in [6, 6.07) is 10.6. The molecule has 0 aliphatic rings. The number of hydrogen-bond acceptors (Lipinski definition) is 1. The Kier molecular flexibility index (Phi) is 5.09. The van der Waals surface area contributed by atoms with Crippen LogP contribution in [0.15, 0.2) is 47.5 Å². The molecule has 0 fully saturated rings. The molecule has 0 spiro atoms. The molecule has 1 aromatic carbocycles. The first-order chi connectivity index (χ1) is 7.54. The summed E-state index contributed by atoms with van der Waals surface area (Å²) < 4.78 is 1.54. The number of thioether (sulfide) groups is 1. The third-order valence-electron chi connectivity index (χ3n) is 2.19. The minimum Gasteiger partial charge on any atom is -0.131 e. The molecule has 0 amide bonds. The van der Waals surface area contributed by atoms with Crippen LogP contribution in [0.3, 0.4) is 0 Å². The van der Waals surface area contributed by atoms with Gasteiger partial charge in [0, 0.05) is 5.75 Å². The molecule has 0 bridgehead atoms. The fraction of sp³-hybridized carbons (Fsp3) is 0.286. The lowest BCUT2D eigenvalue weighted by Crippen LogP contribution is -2.22. The van der Waals surface area contributed by atoms with Gasteiger partial charge in [0.1, 0.15) is 0 Å². The third kappa shape index (κ3) is 4.41. The molecule has 0 N–H and O–H groups in total. The van der Waals surface area contributed by atoms with Crippen LogP contribution in [0.5, 0.6) is 0 Å². The molecule has 0 nitrogen and oxygen atoms in total. The molecule has 0 aliphatic carbocycles. The first-order valence-corrected chi connectivity index (χ1v) is 10.0. The normalized spacial score (nSPS) is 12.6. The van der Waals surface area contributed by atoms with E-state index >= 15 is 0 Å². The molecular weight excluding hydrogens is 228 g/mol. The molecule has 0 atom stereocenters. The molecule has 0 heterocycles. The van der Waals surface area contributed by atoms with E-state index in [2.05, 4.69) is 62.6 Å². The standard InChI is InChI=1S/C14H20SSi/c1-5-11-15-14(16(2,3)4)12-13-9-7-6-8-10-13/h5-10,12H,1,11H2,2-4H3/b14-12+. The summed E-state index contributed by atoms with van der Waals surface area (Å²) in [7, 11) is -1.23. The molecule has 1 aromatic rings. The lowest BCUT2D eigenvalue weighted by Gasteiger charge is -2.20. The minimum atomic E-state index is -1.23. The first kappa shape index (κ1) is 13.3. The first-order valence-electron chi connectivity index (χ1n) is 5.55. The molecule has 1 rings (SSSR count). The second-order valence-corrected chi connectivity index (χ2v) is 11.2. The second-order valence-electron chi connectivity index (χ2n) is 4.77. The minimum absolute atomic E-state index is 1.00. The zero-order valence-electron chi connectivity index (χ0n) is 10.4. The van der Waals surface area contributed by atoms with Crippen molar-refractivity contribution >= 4 is 25.9 Å². The lowest BCUT2D eigenvalue weighted by molar-refractivity contribution is 1.65. The summed E-state index contributed by atoms with van der Waals surface area (Å²) in [5.74, 6) is 1.00. The average molecular weight is 248 g/mol. The predicted molar refractivity (Wildman–Crippen MR) is 80.4 cm³/mol. The van der Waals surface area contributed by atoms with Gasteiger partial charge in [-0.15, -0.1) is 18.3 Å². The van der Waals surface area contributed by atoms with Crippen molar-refractivity contribution in [1.29, 1.82) is 0 Å². The highest BCUT2D eigenvalue weighted by Gasteiger charge is 2.19. The molecule has 0 radical (unpaired) electrons. The molecule has 0 unspecified atom stereocenters. The van der Waals surface area contributed by atoms with Crippen LogP contribution in [-0.2, 0) is 0 Å². The van der Waals surface area contributed by atoms with E-state index in [1.165, 1.54) is 5.56 Å². The Morgan fingerprint density at radius 3 is 2.38 bits per heavy atom. The third-order valence-corrected chi connectivity index (χ3v) is 6.92. The molecule has 2 heteroatoms. The summed E-state index contributed by atoms with van der Waals surface area (Å²) in [5.41, 5.74) is 1.30.